The molecule has 39 heavy (non-hydrogen) atoms. The van der Waals surface area contributed by atoms with E-state index >= 15 is 0 Å². The van der Waals surface area contributed by atoms with Crippen LogP contribution in [0.4, 0.5) is 0 Å². The molecule has 0 spiro atoms. The molecule has 0 saturated carbocycles. The number of rotatable bonds is 14. The van der Waals surface area contributed by atoms with Gasteiger partial charge in [0.25, 0.3) is 0 Å². The Morgan fingerprint density at radius 3 is 2.31 bits per heavy atom. The van der Waals surface area contributed by atoms with Crippen molar-refractivity contribution in [1.29, 1.82) is 0 Å². The van der Waals surface area contributed by atoms with E-state index in [9.17, 15) is 43.3 Å². The van der Waals surface area contributed by atoms with Gasteiger partial charge in [-0.25, -0.2) is 8.42 Å². The Hall–Kier alpha value is -0.710. The predicted octanol–water partition coefficient (Wildman–Crippen LogP) is -6.26. The van der Waals surface area contributed by atoms with Crippen molar-refractivity contribution in [3.8, 4) is 0 Å². The average molecular weight is 597 g/mol. The van der Waals surface area contributed by atoms with Crippen LogP contribution >= 0.6 is 0 Å². The number of aliphatic hydroxyl groups excluding tert-OH is 5. The number of hydrogen-bond donors (Lipinski definition) is 6. The van der Waals surface area contributed by atoms with Gasteiger partial charge in [-0.3, -0.25) is 8.98 Å². The van der Waals surface area contributed by atoms with E-state index in [4.69, 9.17) is 24.5 Å². The summed E-state index contributed by atoms with van der Waals surface area (Å²) >= 11 is 0. The minimum absolute atomic E-state index is 0. The monoisotopic (exact) mass is 596 g/mol. The summed E-state index contributed by atoms with van der Waals surface area (Å²) in [6.45, 7) is -0.151. The second-order valence-corrected chi connectivity index (χ2v) is 9.69. The smallest absolute Gasteiger partial charge is 0.726 e. The zero-order chi connectivity index (χ0) is 28.5. The van der Waals surface area contributed by atoms with Crippen LogP contribution in [0.15, 0.2) is 5.11 Å². The number of carbonyl (C=O) groups is 1. The van der Waals surface area contributed by atoms with Gasteiger partial charge in [0.2, 0.25) is 16.3 Å². The third kappa shape index (κ3) is 11.2. The zero-order valence-electron chi connectivity index (χ0n) is 21.4. The van der Waals surface area contributed by atoms with Crippen LogP contribution < -0.4 is 34.9 Å². The molecule has 0 aromatic rings. The molecule has 18 nitrogen and oxygen atoms in total. The molecule has 220 valence electrons. The van der Waals surface area contributed by atoms with Gasteiger partial charge >= 0.3 is 29.6 Å². The molecule has 0 radical (unpaired) electrons. The van der Waals surface area contributed by atoms with Crippen molar-refractivity contribution in [2.45, 2.75) is 87.5 Å². The van der Waals surface area contributed by atoms with Crippen LogP contribution in [0.1, 0.15) is 26.2 Å². The minimum Gasteiger partial charge on any atom is -0.726 e. The Bertz CT molecular complexity index is 913. The molecule has 2 fully saturated rings. The van der Waals surface area contributed by atoms with Crippen LogP contribution in [0.2, 0.25) is 0 Å². The van der Waals surface area contributed by atoms with Gasteiger partial charge in [-0.05, 0) is 18.4 Å². The van der Waals surface area contributed by atoms with Crippen LogP contribution in [0.25, 0.3) is 10.4 Å². The van der Waals surface area contributed by atoms with Crippen LogP contribution in [0, 0.1) is 0 Å². The Balaban J connectivity index is 0.00000760. The Kier molecular flexibility index (Phi) is 16.1. The van der Waals surface area contributed by atoms with E-state index in [2.05, 4.69) is 19.5 Å². The van der Waals surface area contributed by atoms with Gasteiger partial charge in [-0.1, -0.05) is 11.5 Å². The van der Waals surface area contributed by atoms with Gasteiger partial charge in [0, 0.05) is 25.0 Å². The third-order valence-corrected chi connectivity index (χ3v) is 6.23. The first kappa shape index (κ1) is 36.3. The van der Waals surface area contributed by atoms with Crippen LogP contribution in [-0.4, -0.2) is 132 Å². The molecule has 0 aromatic heterocycles. The molecule has 2 aliphatic rings. The number of amides is 1. The van der Waals surface area contributed by atoms with Crippen molar-refractivity contribution in [2.75, 3.05) is 26.4 Å². The standard InChI is InChI=1S/C19H34N4O14S.Na/c1-9(25)22-12-17(14(27)10(7-24)35-18(12)33-6-4-2-3-5-21-23-20)37-19-16(29)15(28)13(26)11(36-19)8-34-38(30,31)32;/h10-19,24,26-29H,2-8H2,1H3,(H,22,25)(H,30,31,32);/q;+1/p-1/t10-,11-,12-,13-,14+,15+,16-,17-,18-,19+;/m1./s1. The summed E-state index contributed by atoms with van der Waals surface area (Å²) in [4.78, 5) is 14.6. The molecule has 10 atom stereocenters. The molecule has 6 N–H and O–H groups in total. The summed E-state index contributed by atoms with van der Waals surface area (Å²) in [5.74, 6) is -0.586. The molecule has 2 saturated heterocycles. The molecule has 20 heteroatoms. The van der Waals surface area contributed by atoms with Gasteiger partial charge in [0.1, 0.15) is 48.8 Å². The molecule has 0 aliphatic carbocycles. The largest absolute Gasteiger partial charge is 1.00 e. The van der Waals surface area contributed by atoms with E-state index < -0.39 is 90.9 Å². The number of carbonyl (C=O) groups excluding carboxylic acids is 1. The summed E-state index contributed by atoms with van der Waals surface area (Å²) in [5, 5.41) is 57.1. The SMILES string of the molecule is CC(=O)N[C@H]1[C@H](OCCCCCN=[N+]=[N-])O[C@H](CO)[C@H](O)[C@@H]1O[C@@H]1O[C@H](COS(=O)(=O)[O-])[C@@H](O)[C@H](O)[C@H]1O.[Na+]. The first-order valence-electron chi connectivity index (χ1n) is 11.7. The van der Waals surface area contributed by atoms with Gasteiger partial charge in [0.05, 0.1) is 13.2 Å². The van der Waals surface area contributed by atoms with Gasteiger partial charge in [-0.2, -0.15) is 0 Å². The topological polar surface area (TPSA) is 282 Å². The molecule has 2 heterocycles. The fraction of sp³-hybridized carbons (Fsp3) is 0.947. The Labute approximate surface area is 246 Å². The fourth-order valence-corrected chi connectivity index (χ4v) is 4.24. The summed E-state index contributed by atoms with van der Waals surface area (Å²) in [6.07, 6.45) is -13.1. The van der Waals surface area contributed by atoms with E-state index in [1.165, 1.54) is 0 Å². The molecule has 0 bridgehead atoms. The van der Waals surface area contributed by atoms with Crippen molar-refractivity contribution in [2.24, 2.45) is 5.11 Å². The number of azide groups is 1. The van der Waals surface area contributed by atoms with E-state index in [0.717, 1.165) is 6.92 Å². The second kappa shape index (κ2) is 17.3. The number of hydrogen-bond acceptors (Lipinski definition) is 15. The molecule has 1 amide bonds. The van der Waals surface area contributed by atoms with Gasteiger partial charge < -0.3 is 54.3 Å². The first-order chi connectivity index (χ1) is 17.9. The van der Waals surface area contributed by atoms with Crippen LogP contribution in [0.5, 0.6) is 0 Å². The maximum atomic E-state index is 11.9. The van der Waals surface area contributed by atoms with Crippen molar-refractivity contribution in [1.82, 2.24) is 5.32 Å². The number of unbranched alkanes of at least 4 members (excludes halogenated alkanes) is 2. The van der Waals surface area contributed by atoms with Gasteiger partial charge in [0.15, 0.2) is 12.6 Å². The van der Waals surface area contributed by atoms with Crippen LogP contribution in [-0.2, 0) is 38.3 Å². The van der Waals surface area contributed by atoms with E-state index in [0.29, 0.717) is 25.8 Å². The number of aliphatic hydroxyl groups is 5. The zero-order valence-corrected chi connectivity index (χ0v) is 24.2. The van der Waals surface area contributed by atoms with Crippen molar-refractivity contribution < 1.29 is 96.0 Å². The average Bonchev–Trinajstić information content (AvgIpc) is 2.85. The van der Waals surface area contributed by atoms with E-state index in [-0.39, 0.29) is 36.2 Å². The van der Waals surface area contributed by atoms with Crippen molar-refractivity contribution >= 4 is 16.3 Å². The van der Waals surface area contributed by atoms with E-state index in [1.807, 2.05) is 0 Å². The molecule has 0 aromatic carbocycles. The summed E-state index contributed by atoms with van der Waals surface area (Å²) in [6, 6.07) is -1.23. The molecular weight excluding hydrogens is 563 g/mol. The summed E-state index contributed by atoms with van der Waals surface area (Å²) < 4.78 is 58.7. The van der Waals surface area contributed by atoms with E-state index in [1.54, 1.807) is 0 Å². The first-order valence-corrected chi connectivity index (χ1v) is 13.0. The quantitative estimate of drug-likeness (QED) is 0.0207. The van der Waals surface area contributed by atoms with Crippen molar-refractivity contribution in [3.05, 3.63) is 10.4 Å². The fourth-order valence-electron chi connectivity index (χ4n) is 3.94. The molecular formula is C19H33N4NaO14S. The normalized spacial score (nSPS) is 34.9. The number of nitrogens with zero attached hydrogens (tertiary/aromatic N) is 3. The Morgan fingerprint density at radius 2 is 1.72 bits per heavy atom. The predicted molar refractivity (Wildman–Crippen MR) is 120 cm³/mol. The number of ether oxygens (including phenoxy) is 4. The maximum Gasteiger partial charge on any atom is 1.00 e. The van der Waals surface area contributed by atoms with Crippen LogP contribution in [0.3, 0.4) is 0 Å². The van der Waals surface area contributed by atoms with Gasteiger partial charge in [-0.15, -0.1) is 0 Å². The third-order valence-electron chi connectivity index (χ3n) is 5.81. The second-order valence-electron chi connectivity index (χ2n) is 8.64. The molecule has 2 aliphatic heterocycles. The summed E-state index contributed by atoms with van der Waals surface area (Å²) in [5.41, 5.74) is 8.31. The minimum atomic E-state index is -5.18. The van der Waals surface area contributed by atoms with Crippen molar-refractivity contribution in [3.63, 3.8) is 0 Å². The Morgan fingerprint density at radius 1 is 1.05 bits per heavy atom. The molecule has 0 unspecified atom stereocenters. The molecule has 2 rings (SSSR count). The summed E-state index contributed by atoms with van der Waals surface area (Å²) in [7, 11) is -5.18. The maximum absolute atomic E-state index is 11.9. The number of nitrogens with one attached hydrogen (secondary N) is 1.